The largest absolute Gasteiger partial charge is 0.481 e. The van der Waals surface area contributed by atoms with Crippen LogP contribution in [0.4, 0.5) is 0 Å². The van der Waals surface area contributed by atoms with Gasteiger partial charge in [-0.1, -0.05) is 6.07 Å². The Balaban J connectivity index is 1.89. The van der Waals surface area contributed by atoms with E-state index in [1.807, 2.05) is 18.3 Å². The third-order valence-corrected chi connectivity index (χ3v) is 3.36. The standard InChI is InChI=1S/C13H16N2OS/c1-10(12-5-6-17-9-12)14-7-11-3-4-13(16-2)15-8-11/h3-6,8-10,14H,7H2,1-2H3. The Morgan fingerprint density at radius 3 is 2.88 bits per heavy atom. The number of nitrogens with one attached hydrogen (secondary N) is 1. The lowest BCUT2D eigenvalue weighted by Crippen LogP contribution is -2.17. The summed E-state index contributed by atoms with van der Waals surface area (Å²) in [5, 5.41) is 7.73. The quantitative estimate of drug-likeness (QED) is 0.883. The first kappa shape index (κ1) is 12.1. The molecular weight excluding hydrogens is 232 g/mol. The first-order valence-corrected chi connectivity index (χ1v) is 6.48. The lowest BCUT2D eigenvalue weighted by Gasteiger charge is -2.12. The van der Waals surface area contributed by atoms with Gasteiger partial charge in [0.15, 0.2) is 0 Å². The van der Waals surface area contributed by atoms with Gasteiger partial charge in [0.05, 0.1) is 7.11 Å². The highest BCUT2D eigenvalue weighted by Crippen LogP contribution is 2.16. The third-order valence-electron chi connectivity index (χ3n) is 2.66. The summed E-state index contributed by atoms with van der Waals surface area (Å²) in [6.45, 7) is 2.98. The van der Waals surface area contributed by atoms with Crippen molar-refractivity contribution in [2.24, 2.45) is 0 Å². The molecule has 2 heterocycles. The van der Waals surface area contributed by atoms with Gasteiger partial charge in [0.2, 0.25) is 5.88 Å². The van der Waals surface area contributed by atoms with Gasteiger partial charge in [0.1, 0.15) is 0 Å². The number of rotatable bonds is 5. The normalized spacial score (nSPS) is 12.4. The zero-order valence-electron chi connectivity index (χ0n) is 10.0. The van der Waals surface area contributed by atoms with Gasteiger partial charge in [-0.05, 0) is 34.9 Å². The van der Waals surface area contributed by atoms with Crippen molar-refractivity contribution in [3.8, 4) is 5.88 Å². The van der Waals surface area contributed by atoms with Gasteiger partial charge < -0.3 is 10.1 Å². The molecule has 2 aromatic rings. The fourth-order valence-corrected chi connectivity index (χ4v) is 2.30. The molecule has 0 saturated heterocycles. The van der Waals surface area contributed by atoms with Crippen LogP contribution in [0.25, 0.3) is 0 Å². The van der Waals surface area contributed by atoms with Gasteiger partial charge in [0.25, 0.3) is 0 Å². The molecule has 0 aliphatic rings. The van der Waals surface area contributed by atoms with E-state index in [1.54, 1.807) is 18.4 Å². The minimum atomic E-state index is 0.364. The Labute approximate surface area is 105 Å². The topological polar surface area (TPSA) is 34.1 Å². The second-order valence-electron chi connectivity index (χ2n) is 3.87. The third kappa shape index (κ3) is 3.28. The average Bonchev–Trinajstić information content (AvgIpc) is 2.90. The zero-order chi connectivity index (χ0) is 12.1. The van der Waals surface area contributed by atoms with Crippen molar-refractivity contribution in [1.29, 1.82) is 0 Å². The molecule has 3 nitrogen and oxygen atoms in total. The Kier molecular flexibility index (Phi) is 4.12. The molecule has 0 saturated carbocycles. The second kappa shape index (κ2) is 5.80. The van der Waals surface area contributed by atoms with Gasteiger partial charge >= 0.3 is 0 Å². The first-order valence-electron chi connectivity index (χ1n) is 5.54. The molecule has 0 aliphatic carbocycles. The molecule has 2 aromatic heterocycles. The van der Waals surface area contributed by atoms with Crippen molar-refractivity contribution >= 4 is 11.3 Å². The predicted molar refractivity (Wildman–Crippen MR) is 70.4 cm³/mol. The summed E-state index contributed by atoms with van der Waals surface area (Å²) in [4.78, 5) is 4.18. The fraction of sp³-hybridized carbons (Fsp3) is 0.308. The van der Waals surface area contributed by atoms with E-state index in [2.05, 4.69) is 34.1 Å². The van der Waals surface area contributed by atoms with Crippen LogP contribution in [0.3, 0.4) is 0 Å². The smallest absolute Gasteiger partial charge is 0.212 e. The summed E-state index contributed by atoms with van der Waals surface area (Å²) in [5.74, 6) is 0.652. The summed E-state index contributed by atoms with van der Waals surface area (Å²) in [7, 11) is 1.62. The number of ether oxygens (including phenoxy) is 1. The predicted octanol–water partition coefficient (Wildman–Crippen LogP) is 3.00. The Morgan fingerprint density at radius 1 is 1.41 bits per heavy atom. The maximum atomic E-state index is 5.02. The van der Waals surface area contributed by atoms with E-state index < -0.39 is 0 Å². The van der Waals surface area contributed by atoms with E-state index >= 15 is 0 Å². The van der Waals surface area contributed by atoms with Crippen LogP contribution in [0.5, 0.6) is 5.88 Å². The molecule has 0 aromatic carbocycles. The Bertz CT molecular complexity index is 439. The number of nitrogens with zero attached hydrogens (tertiary/aromatic N) is 1. The maximum absolute atomic E-state index is 5.02. The summed E-state index contributed by atoms with van der Waals surface area (Å²) < 4.78 is 5.02. The number of methoxy groups -OCH3 is 1. The summed E-state index contributed by atoms with van der Waals surface area (Å²) in [5.41, 5.74) is 2.49. The Morgan fingerprint density at radius 2 is 2.29 bits per heavy atom. The van der Waals surface area contributed by atoms with Crippen LogP contribution in [-0.4, -0.2) is 12.1 Å². The van der Waals surface area contributed by atoms with Gasteiger partial charge in [-0.3, -0.25) is 0 Å². The SMILES string of the molecule is COc1ccc(CNC(C)c2ccsc2)cn1. The molecule has 0 bridgehead atoms. The summed E-state index contributed by atoms with van der Waals surface area (Å²) >= 11 is 1.73. The van der Waals surface area contributed by atoms with E-state index in [4.69, 9.17) is 4.74 Å². The van der Waals surface area contributed by atoms with Gasteiger partial charge in [0, 0.05) is 24.8 Å². The highest BCUT2D eigenvalue weighted by molar-refractivity contribution is 7.07. The molecule has 1 atom stereocenters. The van der Waals surface area contributed by atoms with Crippen LogP contribution in [0.2, 0.25) is 0 Å². The van der Waals surface area contributed by atoms with Gasteiger partial charge in [-0.15, -0.1) is 0 Å². The maximum Gasteiger partial charge on any atom is 0.212 e. The summed E-state index contributed by atoms with van der Waals surface area (Å²) in [6.07, 6.45) is 1.84. The van der Waals surface area contributed by atoms with Crippen molar-refractivity contribution in [1.82, 2.24) is 10.3 Å². The average molecular weight is 248 g/mol. The molecule has 17 heavy (non-hydrogen) atoms. The van der Waals surface area contributed by atoms with Crippen LogP contribution in [0, 0.1) is 0 Å². The minimum Gasteiger partial charge on any atom is -0.481 e. The highest BCUT2D eigenvalue weighted by Gasteiger charge is 2.04. The number of hydrogen-bond acceptors (Lipinski definition) is 4. The van der Waals surface area contributed by atoms with Crippen LogP contribution < -0.4 is 10.1 Å². The molecule has 90 valence electrons. The number of pyridine rings is 1. The van der Waals surface area contributed by atoms with Crippen LogP contribution >= 0.6 is 11.3 Å². The van der Waals surface area contributed by atoms with Crippen LogP contribution in [-0.2, 0) is 6.54 Å². The van der Waals surface area contributed by atoms with E-state index in [-0.39, 0.29) is 0 Å². The van der Waals surface area contributed by atoms with E-state index in [0.717, 1.165) is 12.1 Å². The van der Waals surface area contributed by atoms with Crippen molar-refractivity contribution in [2.45, 2.75) is 19.5 Å². The molecule has 0 spiro atoms. The second-order valence-corrected chi connectivity index (χ2v) is 4.65. The number of aromatic nitrogens is 1. The molecule has 0 radical (unpaired) electrons. The summed E-state index contributed by atoms with van der Waals surface area (Å²) in [6, 6.07) is 6.42. The lowest BCUT2D eigenvalue weighted by atomic mass is 10.2. The van der Waals surface area contributed by atoms with Gasteiger partial charge in [-0.2, -0.15) is 11.3 Å². The zero-order valence-corrected chi connectivity index (χ0v) is 10.8. The van der Waals surface area contributed by atoms with Crippen molar-refractivity contribution < 1.29 is 4.74 Å². The number of thiophene rings is 1. The Hall–Kier alpha value is -1.39. The number of hydrogen-bond donors (Lipinski definition) is 1. The molecule has 1 N–H and O–H groups in total. The minimum absolute atomic E-state index is 0.364. The molecule has 0 fully saturated rings. The van der Waals surface area contributed by atoms with E-state index in [1.165, 1.54) is 5.56 Å². The highest BCUT2D eigenvalue weighted by atomic mass is 32.1. The molecule has 1 unspecified atom stereocenters. The van der Waals surface area contributed by atoms with E-state index in [0.29, 0.717) is 11.9 Å². The van der Waals surface area contributed by atoms with Crippen LogP contribution in [0.15, 0.2) is 35.2 Å². The lowest BCUT2D eigenvalue weighted by molar-refractivity contribution is 0.397. The molecular formula is C13H16N2OS. The first-order chi connectivity index (χ1) is 8.29. The fourth-order valence-electron chi connectivity index (χ4n) is 1.55. The van der Waals surface area contributed by atoms with E-state index in [9.17, 15) is 0 Å². The van der Waals surface area contributed by atoms with Crippen molar-refractivity contribution in [3.63, 3.8) is 0 Å². The van der Waals surface area contributed by atoms with Crippen molar-refractivity contribution in [2.75, 3.05) is 7.11 Å². The molecule has 0 amide bonds. The van der Waals surface area contributed by atoms with Crippen molar-refractivity contribution in [3.05, 3.63) is 46.3 Å². The molecule has 2 rings (SSSR count). The van der Waals surface area contributed by atoms with Crippen LogP contribution in [0.1, 0.15) is 24.1 Å². The molecule has 0 aliphatic heterocycles. The monoisotopic (exact) mass is 248 g/mol. The molecule has 4 heteroatoms. The van der Waals surface area contributed by atoms with Gasteiger partial charge in [-0.25, -0.2) is 4.98 Å².